The number of nitrogens with zero attached hydrogens (tertiary/aromatic N) is 1. The lowest BCUT2D eigenvalue weighted by Gasteiger charge is -2.19. The average molecular weight is 289 g/mol. The van der Waals surface area contributed by atoms with Crippen LogP contribution in [0.3, 0.4) is 0 Å². The van der Waals surface area contributed by atoms with Gasteiger partial charge in [0.1, 0.15) is 11.6 Å². The predicted molar refractivity (Wildman–Crippen MR) is 74.2 cm³/mol. The first kappa shape index (κ1) is 14.5. The molecule has 2 aromatic carbocycles. The van der Waals surface area contributed by atoms with Gasteiger partial charge in [-0.25, -0.2) is 9.18 Å². The van der Waals surface area contributed by atoms with Crippen LogP contribution in [-0.4, -0.2) is 29.1 Å². The Morgan fingerprint density at radius 3 is 2.43 bits per heavy atom. The van der Waals surface area contributed by atoms with Crippen molar-refractivity contribution < 1.29 is 24.2 Å². The first-order chi connectivity index (χ1) is 9.91. The molecule has 2 aromatic rings. The fourth-order valence-corrected chi connectivity index (χ4v) is 1.92. The minimum absolute atomic E-state index is 0.0655. The Kier molecular flexibility index (Phi) is 3.89. The van der Waals surface area contributed by atoms with E-state index in [1.54, 1.807) is 6.07 Å². The maximum atomic E-state index is 13.2. The first-order valence-electron chi connectivity index (χ1n) is 6.00. The van der Waals surface area contributed by atoms with Crippen molar-refractivity contribution in [3.8, 4) is 5.75 Å². The number of carboxylic acids is 1. The van der Waals surface area contributed by atoms with Gasteiger partial charge >= 0.3 is 5.97 Å². The van der Waals surface area contributed by atoms with E-state index < -0.39 is 17.7 Å². The third-order valence-electron chi connectivity index (χ3n) is 2.99. The number of para-hydroxylation sites is 1. The minimum atomic E-state index is -1.19. The average Bonchev–Trinajstić information content (AvgIpc) is 2.48. The molecule has 2 rings (SSSR count). The Labute approximate surface area is 119 Å². The first-order valence-corrected chi connectivity index (χ1v) is 6.00. The number of carbonyl (C=O) groups is 2. The summed E-state index contributed by atoms with van der Waals surface area (Å²) in [7, 11) is 1.36. The van der Waals surface area contributed by atoms with E-state index in [0.717, 1.165) is 23.1 Å². The van der Waals surface area contributed by atoms with E-state index in [0.29, 0.717) is 0 Å². The van der Waals surface area contributed by atoms with Crippen molar-refractivity contribution in [3.05, 3.63) is 59.4 Å². The number of aromatic hydroxyl groups is 1. The van der Waals surface area contributed by atoms with Crippen molar-refractivity contribution in [1.29, 1.82) is 0 Å². The van der Waals surface area contributed by atoms with Crippen LogP contribution in [0.1, 0.15) is 20.7 Å². The highest BCUT2D eigenvalue weighted by atomic mass is 19.1. The van der Waals surface area contributed by atoms with E-state index in [4.69, 9.17) is 5.11 Å². The van der Waals surface area contributed by atoms with Crippen LogP contribution < -0.4 is 4.90 Å². The molecule has 1 amide bonds. The topological polar surface area (TPSA) is 77.8 Å². The third-order valence-corrected chi connectivity index (χ3v) is 2.99. The van der Waals surface area contributed by atoms with Gasteiger partial charge in [-0.3, -0.25) is 4.79 Å². The second kappa shape index (κ2) is 5.62. The van der Waals surface area contributed by atoms with Crippen molar-refractivity contribution in [1.82, 2.24) is 0 Å². The van der Waals surface area contributed by atoms with Crippen LogP contribution in [-0.2, 0) is 0 Å². The maximum absolute atomic E-state index is 13.2. The highest BCUT2D eigenvalue weighted by Crippen LogP contribution is 2.25. The molecule has 0 saturated carbocycles. The molecule has 21 heavy (non-hydrogen) atoms. The van der Waals surface area contributed by atoms with E-state index in [-0.39, 0.29) is 22.6 Å². The van der Waals surface area contributed by atoms with E-state index in [2.05, 4.69) is 0 Å². The molecule has 6 heteroatoms. The van der Waals surface area contributed by atoms with Gasteiger partial charge in [-0.1, -0.05) is 12.1 Å². The smallest absolute Gasteiger partial charge is 0.337 e. The molecule has 108 valence electrons. The normalized spacial score (nSPS) is 10.2. The van der Waals surface area contributed by atoms with E-state index in [9.17, 15) is 19.1 Å². The van der Waals surface area contributed by atoms with Crippen LogP contribution >= 0.6 is 0 Å². The Balaban J connectivity index is 2.45. The molecular weight excluding hydrogens is 277 g/mol. The number of halogens is 1. The molecular formula is C15H12FNO4. The molecule has 0 atom stereocenters. The lowest BCUT2D eigenvalue weighted by molar-refractivity contribution is 0.0697. The van der Waals surface area contributed by atoms with Crippen LogP contribution in [0.5, 0.6) is 5.75 Å². The summed E-state index contributed by atoms with van der Waals surface area (Å²) in [6.45, 7) is 0. The number of amides is 1. The van der Waals surface area contributed by atoms with E-state index in [1.807, 2.05) is 0 Å². The van der Waals surface area contributed by atoms with E-state index in [1.165, 1.54) is 25.2 Å². The monoisotopic (exact) mass is 289 g/mol. The fraction of sp³-hybridized carbons (Fsp3) is 0.0667. The molecule has 2 N–H and O–H groups in total. The standard InChI is InChI=1S/C15H12FNO4/c1-17(12-5-3-2-4-10(12)15(20)21)14(19)11-8-9(16)6-7-13(11)18/h2-8,18H,1H3,(H,20,21). The summed E-state index contributed by atoms with van der Waals surface area (Å²) in [4.78, 5) is 24.5. The van der Waals surface area contributed by atoms with Crippen molar-refractivity contribution in [2.45, 2.75) is 0 Å². The van der Waals surface area contributed by atoms with E-state index >= 15 is 0 Å². The zero-order chi connectivity index (χ0) is 15.6. The summed E-state index contributed by atoms with van der Waals surface area (Å²) in [6.07, 6.45) is 0. The molecule has 0 aliphatic carbocycles. The van der Waals surface area contributed by atoms with Crippen molar-refractivity contribution in [2.75, 3.05) is 11.9 Å². The Morgan fingerprint density at radius 1 is 1.10 bits per heavy atom. The number of carboxylic acid groups (broad SMARTS) is 1. The second-order valence-corrected chi connectivity index (χ2v) is 4.35. The van der Waals surface area contributed by atoms with Gasteiger partial charge in [0.15, 0.2) is 0 Å². The number of hydrogen-bond acceptors (Lipinski definition) is 3. The number of hydrogen-bond donors (Lipinski definition) is 2. The molecule has 0 radical (unpaired) electrons. The molecule has 0 fully saturated rings. The van der Waals surface area contributed by atoms with Gasteiger partial charge in [0, 0.05) is 7.05 Å². The summed E-state index contributed by atoms with van der Waals surface area (Å²) in [5.41, 5.74) is -0.152. The SMILES string of the molecule is CN(C(=O)c1cc(F)ccc1O)c1ccccc1C(=O)O. The number of rotatable bonds is 3. The molecule has 0 saturated heterocycles. The number of carbonyl (C=O) groups excluding carboxylic acids is 1. The maximum Gasteiger partial charge on any atom is 0.337 e. The lowest BCUT2D eigenvalue weighted by atomic mass is 10.1. The summed E-state index contributed by atoms with van der Waals surface area (Å²) >= 11 is 0. The highest BCUT2D eigenvalue weighted by Gasteiger charge is 2.21. The minimum Gasteiger partial charge on any atom is -0.507 e. The second-order valence-electron chi connectivity index (χ2n) is 4.35. The zero-order valence-electron chi connectivity index (χ0n) is 11.1. The molecule has 0 unspecified atom stereocenters. The van der Waals surface area contributed by atoms with Crippen LogP contribution in [0.15, 0.2) is 42.5 Å². The molecule has 0 spiro atoms. The van der Waals surface area contributed by atoms with Gasteiger partial charge < -0.3 is 15.1 Å². The van der Waals surface area contributed by atoms with Crippen LogP contribution in [0.2, 0.25) is 0 Å². The summed E-state index contributed by atoms with van der Waals surface area (Å²) in [5.74, 6) is -2.94. The lowest BCUT2D eigenvalue weighted by Crippen LogP contribution is -2.28. The molecule has 0 bridgehead atoms. The van der Waals surface area contributed by atoms with Crippen LogP contribution in [0.25, 0.3) is 0 Å². The van der Waals surface area contributed by atoms with Gasteiger partial charge in [-0.15, -0.1) is 0 Å². The number of benzene rings is 2. The van der Waals surface area contributed by atoms with Gasteiger partial charge in [0.25, 0.3) is 5.91 Å². The Bertz CT molecular complexity index is 715. The van der Waals surface area contributed by atoms with Gasteiger partial charge in [0.2, 0.25) is 0 Å². The Hall–Kier alpha value is -2.89. The number of phenols is 1. The molecule has 0 heterocycles. The zero-order valence-corrected chi connectivity index (χ0v) is 11.1. The largest absolute Gasteiger partial charge is 0.507 e. The van der Waals surface area contributed by atoms with Crippen LogP contribution in [0, 0.1) is 5.82 Å². The predicted octanol–water partition coefficient (Wildman–Crippen LogP) is 2.51. The third kappa shape index (κ3) is 2.84. The number of anilines is 1. The molecule has 0 aliphatic rings. The van der Waals surface area contributed by atoms with Crippen LogP contribution in [0.4, 0.5) is 10.1 Å². The summed E-state index contributed by atoms with van der Waals surface area (Å²) in [6, 6.07) is 8.92. The van der Waals surface area contributed by atoms with Crippen molar-refractivity contribution in [3.63, 3.8) is 0 Å². The summed E-state index contributed by atoms with van der Waals surface area (Å²) in [5, 5.41) is 18.8. The van der Waals surface area contributed by atoms with Gasteiger partial charge in [-0.2, -0.15) is 0 Å². The van der Waals surface area contributed by atoms with Crippen molar-refractivity contribution in [2.24, 2.45) is 0 Å². The number of phenolic OH excluding ortho intramolecular Hbond substituents is 1. The van der Waals surface area contributed by atoms with Gasteiger partial charge in [0.05, 0.1) is 16.8 Å². The number of aromatic carboxylic acids is 1. The van der Waals surface area contributed by atoms with Gasteiger partial charge in [-0.05, 0) is 30.3 Å². The molecule has 0 aromatic heterocycles. The quantitative estimate of drug-likeness (QED) is 0.910. The molecule has 5 nitrogen and oxygen atoms in total. The molecule has 0 aliphatic heterocycles. The Morgan fingerprint density at radius 2 is 1.76 bits per heavy atom. The fourth-order valence-electron chi connectivity index (χ4n) is 1.92. The highest BCUT2D eigenvalue weighted by molar-refractivity contribution is 6.10. The summed E-state index contributed by atoms with van der Waals surface area (Å²) < 4.78 is 13.2. The van der Waals surface area contributed by atoms with Crippen molar-refractivity contribution >= 4 is 17.6 Å².